The number of rotatable bonds is 1. The van der Waals surface area contributed by atoms with E-state index in [1.807, 2.05) is 7.05 Å². The number of anilines is 2. The molecule has 2 nitrogen and oxygen atoms in total. The highest BCUT2D eigenvalue weighted by molar-refractivity contribution is 5.62. The Balaban J connectivity index is 2.38. The SMILES string of the molecule is CNc1ccc2c(c1)CCC(C)N2C. The molecule has 0 saturated carbocycles. The van der Waals surface area contributed by atoms with Gasteiger partial charge in [0, 0.05) is 31.5 Å². The maximum absolute atomic E-state index is 3.18. The zero-order valence-electron chi connectivity index (χ0n) is 9.17. The van der Waals surface area contributed by atoms with Crippen molar-refractivity contribution in [2.75, 3.05) is 24.3 Å². The minimum absolute atomic E-state index is 0.669. The molecular weight excluding hydrogens is 172 g/mol. The van der Waals surface area contributed by atoms with Crippen LogP contribution in [0.5, 0.6) is 0 Å². The highest BCUT2D eigenvalue weighted by atomic mass is 15.1. The summed E-state index contributed by atoms with van der Waals surface area (Å²) >= 11 is 0. The van der Waals surface area contributed by atoms with Gasteiger partial charge in [0.05, 0.1) is 0 Å². The summed E-state index contributed by atoms with van der Waals surface area (Å²) in [7, 11) is 4.15. The number of benzene rings is 1. The van der Waals surface area contributed by atoms with Crippen LogP contribution in [-0.2, 0) is 6.42 Å². The fraction of sp³-hybridized carbons (Fsp3) is 0.500. The van der Waals surface area contributed by atoms with Gasteiger partial charge in [0.15, 0.2) is 0 Å². The van der Waals surface area contributed by atoms with Crippen molar-refractivity contribution in [3.8, 4) is 0 Å². The van der Waals surface area contributed by atoms with Crippen LogP contribution in [0.3, 0.4) is 0 Å². The van der Waals surface area contributed by atoms with Crippen LogP contribution in [0, 0.1) is 0 Å². The van der Waals surface area contributed by atoms with Crippen LogP contribution in [-0.4, -0.2) is 20.1 Å². The van der Waals surface area contributed by atoms with E-state index >= 15 is 0 Å². The molecule has 0 radical (unpaired) electrons. The maximum Gasteiger partial charge on any atom is 0.0400 e. The topological polar surface area (TPSA) is 15.3 Å². The highest BCUT2D eigenvalue weighted by Crippen LogP contribution is 2.31. The Bertz CT molecular complexity index is 333. The second kappa shape index (κ2) is 3.52. The molecule has 1 N–H and O–H groups in total. The van der Waals surface area contributed by atoms with Gasteiger partial charge in [-0.1, -0.05) is 0 Å². The molecule has 0 aromatic heterocycles. The fourth-order valence-corrected chi connectivity index (χ4v) is 2.08. The predicted octanol–water partition coefficient (Wildman–Crippen LogP) is 2.50. The lowest BCUT2D eigenvalue weighted by molar-refractivity contribution is 0.598. The fourth-order valence-electron chi connectivity index (χ4n) is 2.08. The Labute approximate surface area is 85.9 Å². The second-order valence-corrected chi connectivity index (χ2v) is 4.09. The molecule has 0 bridgehead atoms. The van der Waals surface area contributed by atoms with Crippen LogP contribution in [0.2, 0.25) is 0 Å². The monoisotopic (exact) mass is 190 g/mol. The first-order valence-electron chi connectivity index (χ1n) is 5.26. The predicted molar refractivity (Wildman–Crippen MR) is 62.2 cm³/mol. The molecule has 1 unspecified atom stereocenters. The molecule has 1 aliphatic heterocycles. The Morgan fingerprint density at radius 3 is 2.93 bits per heavy atom. The lowest BCUT2D eigenvalue weighted by atomic mass is 9.97. The Kier molecular flexibility index (Phi) is 2.36. The minimum Gasteiger partial charge on any atom is -0.388 e. The summed E-state index contributed by atoms with van der Waals surface area (Å²) in [6.07, 6.45) is 2.47. The van der Waals surface area contributed by atoms with Gasteiger partial charge in [-0.3, -0.25) is 0 Å². The van der Waals surface area contributed by atoms with Crippen LogP contribution in [0.1, 0.15) is 18.9 Å². The van der Waals surface area contributed by atoms with Crippen molar-refractivity contribution >= 4 is 11.4 Å². The van der Waals surface area contributed by atoms with Gasteiger partial charge in [0.25, 0.3) is 0 Å². The molecule has 1 aromatic rings. The molecule has 0 aliphatic carbocycles. The summed E-state index contributed by atoms with van der Waals surface area (Å²) in [4.78, 5) is 2.37. The molecule has 1 atom stereocenters. The van der Waals surface area contributed by atoms with E-state index in [0.717, 1.165) is 0 Å². The van der Waals surface area contributed by atoms with E-state index in [1.165, 1.54) is 29.8 Å². The van der Waals surface area contributed by atoms with Gasteiger partial charge in [-0.05, 0) is 43.5 Å². The van der Waals surface area contributed by atoms with Crippen molar-refractivity contribution in [3.63, 3.8) is 0 Å². The summed E-state index contributed by atoms with van der Waals surface area (Å²) < 4.78 is 0. The number of nitrogens with one attached hydrogen (secondary N) is 1. The smallest absolute Gasteiger partial charge is 0.0400 e. The average Bonchev–Trinajstić information content (AvgIpc) is 2.23. The van der Waals surface area contributed by atoms with Crippen LogP contribution in [0.25, 0.3) is 0 Å². The normalized spacial score (nSPS) is 20.5. The van der Waals surface area contributed by atoms with E-state index in [1.54, 1.807) is 0 Å². The number of nitrogens with zero attached hydrogens (tertiary/aromatic N) is 1. The standard InChI is InChI=1S/C12H18N2/c1-9-4-5-10-8-11(13-2)6-7-12(10)14(9)3/h6-9,13H,4-5H2,1-3H3. The summed E-state index contributed by atoms with van der Waals surface area (Å²) in [5, 5.41) is 3.18. The lowest BCUT2D eigenvalue weighted by Crippen LogP contribution is -2.33. The highest BCUT2D eigenvalue weighted by Gasteiger charge is 2.19. The first-order chi connectivity index (χ1) is 6.72. The Morgan fingerprint density at radius 2 is 2.21 bits per heavy atom. The van der Waals surface area contributed by atoms with E-state index in [0.29, 0.717) is 6.04 Å². The summed E-state index contributed by atoms with van der Waals surface area (Å²) in [5.41, 5.74) is 4.08. The molecule has 2 heteroatoms. The van der Waals surface area contributed by atoms with E-state index in [9.17, 15) is 0 Å². The molecule has 0 spiro atoms. The van der Waals surface area contributed by atoms with Gasteiger partial charge in [-0.15, -0.1) is 0 Å². The third kappa shape index (κ3) is 1.45. The van der Waals surface area contributed by atoms with Crippen molar-refractivity contribution in [2.45, 2.75) is 25.8 Å². The third-order valence-electron chi connectivity index (χ3n) is 3.24. The van der Waals surface area contributed by atoms with E-state index in [4.69, 9.17) is 0 Å². The van der Waals surface area contributed by atoms with Crippen molar-refractivity contribution < 1.29 is 0 Å². The molecule has 0 amide bonds. The molecule has 1 aliphatic rings. The largest absolute Gasteiger partial charge is 0.388 e. The first-order valence-corrected chi connectivity index (χ1v) is 5.26. The third-order valence-corrected chi connectivity index (χ3v) is 3.24. The molecule has 0 saturated heterocycles. The second-order valence-electron chi connectivity index (χ2n) is 4.09. The van der Waals surface area contributed by atoms with Gasteiger partial charge in [0.1, 0.15) is 0 Å². The Hall–Kier alpha value is -1.18. The maximum atomic E-state index is 3.18. The zero-order valence-corrected chi connectivity index (χ0v) is 9.17. The molecule has 1 aromatic carbocycles. The van der Waals surface area contributed by atoms with Crippen molar-refractivity contribution in [3.05, 3.63) is 23.8 Å². The number of aryl methyl sites for hydroxylation is 1. The van der Waals surface area contributed by atoms with Gasteiger partial charge in [-0.25, -0.2) is 0 Å². The zero-order chi connectivity index (χ0) is 10.1. The molecule has 14 heavy (non-hydrogen) atoms. The number of hydrogen-bond donors (Lipinski definition) is 1. The van der Waals surface area contributed by atoms with E-state index in [-0.39, 0.29) is 0 Å². The van der Waals surface area contributed by atoms with Crippen LogP contribution in [0.4, 0.5) is 11.4 Å². The summed E-state index contributed by atoms with van der Waals surface area (Å²) in [5.74, 6) is 0. The minimum atomic E-state index is 0.669. The van der Waals surface area contributed by atoms with Crippen LogP contribution < -0.4 is 10.2 Å². The molecule has 76 valence electrons. The average molecular weight is 190 g/mol. The van der Waals surface area contributed by atoms with E-state index < -0.39 is 0 Å². The summed E-state index contributed by atoms with van der Waals surface area (Å²) in [6.45, 7) is 2.29. The quantitative estimate of drug-likeness (QED) is 0.732. The Morgan fingerprint density at radius 1 is 1.43 bits per heavy atom. The molecular formula is C12H18N2. The molecule has 0 fully saturated rings. The van der Waals surface area contributed by atoms with Crippen molar-refractivity contribution in [1.82, 2.24) is 0 Å². The van der Waals surface area contributed by atoms with Crippen LogP contribution >= 0.6 is 0 Å². The number of hydrogen-bond acceptors (Lipinski definition) is 2. The molecule has 1 heterocycles. The van der Waals surface area contributed by atoms with Gasteiger partial charge >= 0.3 is 0 Å². The first kappa shape index (κ1) is 9.38. The number of fused-ring (bicyclic) bond motifs is 1. The van der Waals surface area contributed by atoms with Gasteiger partial charge in [-0.2, -0.15) is 0 Å². The lowest BCUT2D eigenvalue weighted by Gasteiger charge is -2.34. The van der Waals surface area contributed by atoms with E-state index in [2.05, 4.69) is 42.4 Å². The van der Waals surface area contributed by atoms with Gasteiger partial charge in [0.2, 0.25) is 0 Å². The van der Waals surface area contributed by atoms with Gasteiger partial charge < -0.3 is 10.2 Å². The van der Waals surface area contributed by atoms with Crippen LogP contribution in [0.15, 0.2) is 18.2 Å². The molecule has 2 rings (SSSR count). The summed E-state index contributed by atoms with van der Waals surface area (Å²) in [6, 6.07) is 7.30. The van der Waals surface area contributed by atoms with Crippen molar-refractivity contribution in [1.29, 1.82) is 0 Å². The van der Waals surface area contributed by atoms with Crippen molar-refractivity contribution in [2.24, 2.45) is 0 Å².